The van der Waals surface area contributed by atoms with Crippen molar-refractivity contribution in [1.29, 1.82) is 0 Å². The molecule has 0 bridgehead atoms. The number of halogens is 11. The van der Waals surface area contributed by atoms with Gasteiger partial charge in [-0.3, -0.25) is 0 Å². The molecule has 0 N–H and O–H groups in total. The van der Waals surface area contributed by atoms with Gasteiger partial charge in [0.1, 0.15) is 0 Å². The lowest BCUT2D eigenvalue weighted by Crippen LogP contribution is -2.83. The summed E-state index contributed by atoms with van der Waals surface area (Å²) in [5, 5.41) is -2.24. The first-order chi connectivity index (χ1) is 9.76. The molecule has 0 rings (SSSR count). The standard InChI is InChI=1S/C6H14Br11NSi5/c1-5(2)18(6(3)4)21(13,14)23(17,20(10,11)12)22(15,16)19(7,8)9/h5-6H,1-4H3. The fraction of sp³-hybridized carbons (Fsp3) is 1.00. The summed E-state index contributed by atoms with van der Waals surface area (Å²) in [6, 6.07) is 0.825. The molecule has 0 aromatic heterocycles. The molecule has 0 aromatic rings. The Bertz CT molecular complexity index is 412. The third kappa shape index (κ3) is 6.19. The lowest BCUT2D eigenvalue weighted by molar-refractivity contribution is 0.313. The Morgan fingerprint density at radius 3 is 1.04 bits per heavy atom. The van der Waals surface area contributed by atoms with Gasteiger partial charge in [0.05, 0.1) is 0 Å². The first-order valence-electron chi connectivity index (χ1n) is 6.13. The molecule has 0 saturated heterocycles. The van der Waals surface area contributed by atoms with E-state index in [2.05, 4.69) is 200 Å². The Balaban J connectivity index is 6.64. The van der Waals surface area contributed by atoms with E-state index in [1.165, 1.54) is 0 Å². The minimum Gasteiger partial charge on any atom is -0.304 e. The molecule has 0 aliphatic heterocycles. The maximum atomic E-state index is 4.32. The van der Waals surface area contributed by atoms with Gasteiger partial charge >= 0.3 is 0 Å². The first-order valence-corrected chi connectivity index (χ1v) is 44.9. The van der Waals surface area contributed by atoms with Crippen LogP contribution >= 0.6 is 168 Å². The van der Waals surface area contributed by atoms with Gasteiger partial charge in [-0.15, -0.1) is 45.9 Å². The molecule has 0 amide bonds. The van der Waals surface area contributed by atoms with Crippen LogP contribution in [0.15, 0.2) is 0 Å². The summed E-state index contributed by atoms with van der Waals surface area (Å²) in [7, 11) is 0. The van der Waals surface area contributed by atoms with Gasteiger partial charge in [-0.2, -0.15) is 0 Å². The minimum atomic E-state index is -2.25. The van der Waals surface area contributed by atoms with Crippen LogP contribution in [0.4, 0.5) is 0 Å². The molecule has 0 fully saturated rings. The van der Waals surface area contributed by atoms with Gasteiger partial charge in [-0.25, -0.2) is 0 Å². The molecule has 0 aliphatic carbocycles. The van der Waals surface area contributed by atoms with Crippen LogP contribution in [0.2, 0.25) is 0 Å². The highest BCUT2D eigenvalue weighted by atomic mass is 80.0. The van der Waals surface area contributed by atoms with Gasteiger partial charge in [0.15, 0.2) is 0 Å². The molecule has 0 spiro atoms. The Morgan fingerprint density at radius 2 is 0.870 bits per heavy atom. The molecule has 17 heteroatoms. The summed E-state index contributed by atoms with van der Waals surface area (Å²) in [6.07, 6.45) is 0. The first kappa shape index (κ1) is 29.3. The van der Waals surface area contributed by atoms with E-state index in [0.29, 0.717) is 12.1 Å². The van der Waals surface area contributed by atoms with Crippen molar-refractivity contribution < 1.29 is 0 Å². The van der Waals surface area contributed by atoms with Crippen LogP contribution in [0, 0.1) is 0 Å². The summed E-state index contributed by atoms with van der Waals surface area (Å²) in [4.78, 5) is -2.25. The number of hydrogen-bond donors (Lipinski definition) is 0. The molecule has 23 heavy (non-hydrogen) atoms. The van der Waals surface area contributed by atoms with Gasteiger partial charge < -0.3 is 4.57 Å². The molecule has 0 aliphatic rings. The van der Waals surface area contributed by atoms with Gasteiger partial charge in [-0.1, -0.05) is 150 Å². The van der Waals surface area contributed by atoms with Crippen LogP contribution in [0.1, 0.15) is 27.7 Å². The Hall–Kier alpha value is 6.32. The Kier molecular flexibility index (Phi) is 13.1. The molecule has 0 radical (unpaired) electrons. The summed E-state index contributed by atoms with van der Waals surface area (Å²) >= 11 is 44.8. The van der Waals surface area contributed by atoms with Gasteiger partial charge in [0.2, 0.25) is 9.59 Å². The zero-order chi connectivity index (χ0) is 19.2. The van der Waals surface area contributed by atoms with Gasteiger partial charge in [0, 0.05) is 0 Å². The molecule has 0 heterocycles. The second-order valence-electron chi connectivity index (χ2n) is 5.36. The second kappa shape index (κ2) is 10.3. The predicted molar refractivity (Wildman–Crippen MR) is 159 cm³/mol. The molecule has 0 aromatic carbocycles. The summed E-state index contributed by atoms with van der Waals surface area (Å²) in [5.74, 6) is 0. The van der Waals surface area contributed by atoms with Crippen LogP contribution in [-0.2, 0) is 0 Å². The van der Waals surface area contributed by atoms with E-state index < -0.39 is 21.5 Å². The van der Waals surface area contributed by atoms with Crippen LogP contribution in [0.3, 0.4) is 0 Å². The lowest BCUT2D eigenvalue weighted by atomic mass is 10.3. The highest BCUT2D eigenvalue weighted by molar-refractivity contribution is 9.86. The molecular weight excluding hydrogens is 1110 g/mol. The Morgan fingerprint density at radius 1 is 0.565 bits per heavy atom. The highest BCUT2D eigenvalue weighted by Crippen LogP contribution is 2.63. The monoisotopic (exact) mass is 1110 g/mol. The molecule has 1 atom stereocenters. The number of rotatable bonds is 7. The molecule has 1 nitrogen and oxygen atoms in total. The fourth-order valence-electron chi connectivity index (χ4n) is 2.16. The van der Waals surface area contributed by atoms with E-state index in [-0.39, 0.29) is 0 Å². The summed E-state index contributed by atoms with van der Waals surface area (Å²) in [6.45, 7) is 9.00. The summed E-state index contributed by atoms with van der Waals surface area (Å²) in [5.41, 5.74) is 0. The Labute approximate surface area is 229 Å². The van der Waals surface area contributed by atoms with E-state index in [1.807, 2.05) is 0 Å². The van der Waals surface area contributed by atoms with Crippen LogP contribution in [0.5, 0.6) is 0 Å². The van der Waals surface area contributed by atoms with Crippen molar-refractivity contribution in [1.82, 2.24) is 4.57 Å². The van der Waals surface area contributed by atoms with Gasteiger partial charge in [-0.05, 0) is 12.1 Å². The third-order valence-corrected chi connectivity index (χ3v) is 254. The SMILES string of the molecule is CC(C)N(C(C)C)[Si](Br)(Br)[Si](Br)([Si](Br)(Br)Br)[Si](Br)(Br)[Si](Br)(Br)Br. The van der Waals surface area contributed by atoms with Crippen LogP contribution in [0.25, 0.3) is 0 Å². The maximum absolute atomic E-state index is 4.32. The third-order valence-electron chi connectivity index (χ3n) is 3.03. The van der Waals surface area contributed by atoms with Crippen molar-refractivity contribution in [3.8, 4) is 0 Å². The van der Waals surface area contributed by atoms with Crippen molar-refractivity contribution in [2.45, 2.75) is 39.8 Å². The van der Waals surface area contributed by atoms with E-state index >= 15 is 0 Å². The van der Waals surface area contributed by atoms with Crippen molar-refractivity contribution in [2.75, 3.05) is 0 Å². The van der Waals surface area contributed by atoms with Crippen molar-refractivity contribution in [2.24, 2.45) is 0 Å². The number of hydrogen-bond acceptors (Lipinski definition) is 1. The molecule has 0 saturated carbocycles. The normalized spacial score (nSPS) is 18.0. The van der Waals surface area contributed by atoms with E-state index in [0.717, 1.165) is 0 Å². The number of nitrogens with zero attached hydrogens (tertiary/aromatic N) is 1. The summed E-state index contributed by atoms with van der Waals surface area (Å²) < 4.78 is -3.72. The zero-order valence-electron chi connectivity index (χ0n) is 12.3. The van der Waals surface area contributed by atoms with E-state index in [1.54, 1.807) is 0 Å². The highest BCUT2D eigenvalue weighted by Gasteiger charge is 2.80. The molecule has 1 unspecified atom stereocenters. The second-order valence-corrected chi connectivity index (χ2v) is 133. The van der Waals surface area contributed by atoms with E-state index in [9.17, 15) is 0 Å². The zero-order valence-corrected chi connectivity index (χ0v) is 34.7. The largest absolute Gasteiger partial charge is 0.304 e. The van der Waals surface area contributed by atoms with Crippen LogP contribution in [-0.4, -0.2) is 38.1 Å². The van der Waals surface area contributed by atoms with Crippen LogP contribution < -0.4 is 0 Å². The topological polar surface area (TPSA) is 3.24 Å². The average Bonchev–Trinajstić information content (AvgIpc) is 2.22. The quantitative estimate of drug-likeness (QED) is 0.182. The smallest absolute Gasteiger partial charge is 0.276 e. The van der Waals surface area contributed by atoms with Crippen molar-refractivity contribution in [3.63, 3.8) is 0 Å². The van der Waals surface area contributed by atoms with Crippen molar-refractivity contribution in [3.05, 3.63) is 0 Å². The molecule has 140 valence electrons. The molecular formula is C6H14Br11NSi5. The van der Waals surface area contributed by atoms with Crippen molar-refractivity contribution >= 4 is 190 Å². The lowest BCUT2D eigenvalue weighted by Gasteiger charge is -2.54. The average molecular weight is 1120 g/mol. The predicted octanol–water partition coefficient (Wildman–Crippen LogP) is 8.97. The maximum Gasteiger partial charge on any atom is 0.276 e. The fourth-order valence-corrected chi connectivity index (χ4v) is 389. The van der Waals surface area contributed by atoms with E-state index in [4.69, 9.17) is 0 Å². The minimum absolute atomic E-state index is 0.413. The van der Waals surface area contributed by atoms with Gasteiger partial charge in [0.25, 0.3) is 11.9 Å².